The number of hydrogen-bond donors (Lipinski definition) is 4. The van der Waals surface area contributed by atoms with Crippen LogP contribution in [0.3, 0.4) is 0 Å². The zero-order chi connectivity index (χ0) is 22.1. The number of ether oxygens (including phenoxy) is 1. The van der Waals surface area contributed by atoms with Crippen LogP contribution in [-0.2, 0) is 25.8 Å². The Bertz CT molecular complexity index is 1210. The van der Waals surface area contributed by atoms with E-state index in [2.05, 4.69) is 39.2 Å². The van der Waals surface area contributed by atoms with Gasteiger partial charge in [0.25, 0.3) is 0 Å². The van der Waals surface area contributed by atoms with Crippen molar-refractivity contribution in [1.29, 1.82) is 0 Å². The first kappa shape index (κ1) is 20.3. The van der Waals surface area contributed by atoms with Crippen LogP contribution in [-0.4, -0.2) is 29.3 Å². The maximum atomic E-state index is 6.73. The molecule has 0 radical (unpaired) electrons. The van der Waals surface area contributed by atoms with Crippen molar-refractivity contribution in [3.8, 4) is 5.75 Å². The summed E-state index contributed by atoms with van der Waals surface area (Å²) in [4.78, 5) is 4.93. The smallest absolute Gasteiger partial charge is 0.211 e. The minimum atomic E-state index is -1.14. The Hall–Kier alpha value is -3.62. The number of nitrogens with zero attached hydrogens (tertiary/aromatic N) is 3. The average molecular weight is 430 g/mol. The van der Waals surface area contributed by atoms with Crippen LogP contribution in [0.15, 0.2) is 66.1 Å². The monoisotopic (exact) mass is 429 g/mol. The van der Waals surface area contributed by atoms with Gasteiger partial charge in [0.1, 0.15) is 11.6 Å². The molecule has 3 heterocycles. The summed E-state index contributed by atoms with van der Waals surface area (Å²) in [6.45, 7) is 1.89. The van der Waals surface area contributed by atoms with Gasteiger partial charge in [-0.2, -0.15) is 5.10 Å². The Labute approximate surface area is 187 Å². The second-order valence-electron chi connectivity index (χ2n) is 8.10. The molecule has 8 nitrogen and oxygen atoms in total. The van der Waals surface area contributed by atoms with E-state index in [1.54, 1.807) is 11.8 Å². The maximum absolute atomic E-state index is 6.73. The van der Waals surface area contributed by atoms with Gasteiger partial charge >= 0.3 is 0 Å². The van der Waals surface area contributed by atoms with E-state index in [1.165, 1.54) is 11.1 Å². The number of fused-ring (bicyclic) bond motifs is 1. The number of anilines is 1. The standard InChI is InChI=1S/C24H27N7O/c1-31-15-18(13-28-31)22-14-27-24(25,19-4-3-5-21(11-19)32-2)30-23(22)29-20-7-6-16-8-9-26-12-17(16)10-20/h3-7,10-11,13-15,26-27H,8-9,12,25H2,1-2H3,(H,29,30). The van der Waals surface area contributed by atoms with E-state index >= 15 is 0 Å². The molecule has 5 rings (SSSR count). The highest BCUT2D eigenvalue weighted by Crippen LogP contribution is 2.29. The first-order chi connectivity index (χ1) is 15.5. The second kappa shape index (κ2) is 8.14. The van der Waals surface area contributed by atoms with Crippen LogP contribution in [0.25, 0.3) is 5.57 Å². The van der Waals surface area contributed by atoms with Crippen molar-refractivity contribution in [2.45, 2.75) is 18.8 Å². The van der Waals surface area contributed by atoms with Crippen LogP contribution in [0.1, 0.15) is 22.3 Å². The number of nitrogens with one attached hydrogen (secondary N) is 3. The molecular formula is C24H27N7O. The van der Waals surface area contributed by atoms with Gasteiger partial charge in [0, 0.05) is 48.4 Å². The Kier molecular flexibility index (Phi) is 5.16. The van der Waals surface area contributed by atoms with E-state index in [0.717, 1.165) is 47.6 Å². The highest BCUT2D eigenvalue weighted by atomic mass is 16.5. The predicted octanol–water partition coefficient (Wildman–Crippen LogP) is 2.30. The van der Waals surface area contributed by atoms with E-state index in [9.17, 15) is 0 Å². The number of benzene rings is 2. The second-order valence-corrected chi connectivity index (χ2v) is 8.10. The molecule has 1 aromatic heterocycles. The van der Waals surface area contributed by atoms with Gasteiger partial charge in [-0.05, 0) is 48.4 Å². The highest BCUT2D eigenvalue weighted by Gasteiger charge is 2.32. The summed E-state index contributed by atoms with van der Waals surface area (Å²) >= 11 is 0. The van der Waals surface area contributed by atoms with Gasteiger partial charge in [-0.15, -0.1) is 0 Å². The number of aryl methyl sites for hydroxylation is 1. The molecule has 2 aliphatic rings. The molecule has 2 aliphatic heterocycles. The van der Waals surface area contributed by atoms with Crippen LogP contribution >= 0.6 is 0 Å². The molecule has 0 spiro atoms. The zero-order valence-electron chi connectivity index (χ0n) is 18.2. The Morgan fingerprint density at radius 1 is 1.19 bits per heavy atom. The van der Waals surface area contributed by atoms with E-state index < -0.39 is 5.79 Å². The molecule has 5 N–H and O–H groups in total. The van der Waals surface area contributed by atoms with Crippen LogP contribution in [0.2, 0.25) is 0 Å². The quantitative estimate of drug-likeness (QED) is 0.508. The number of aliphatic imine (C=N–C) groups is 1. The lowest BCUT2D eigenvalue weighted by Crippen LogP contribution is -2.50. The Morgan fingerprint density at radius 2 is 2.09 bits per heavy atom. The van der Waals surface area contributed by atoms with Crippen molar-refractivity contribution in [1.82, 2.24) is 20.4 Å². The van der Waals surface area contributed by atoms with E-state index in [0.29, 0.717) is 5.84 Å². The van der Waals surface area contributed by atoms with Crippen LogP contribution < -0.4 is 26.4 Å². The van der Waals surface area contributed by atoms with Crippen molar-refractivity contribution < 1.29 is 4.74 Å². The lowest BCUT2D eigenvalue weighted by molar-refractivity contribution is 0.395. The predicted molar refractivity (Wildman–Crippen MR) is 126 cm³/mol. The summed E-state index contributed by atoms with van der Waals surface area (Å²) < 4.78 is 7.15. The van der Waals surface area contributed by atoms with Crippen molar-refractivity contribution in [3.63, 3.8) is 0 Å². The topological polar surface area (TPSA) is 102 Å². The van der Waals surface area contributed by atoms with Gasteiger partial charge in [0.2, 0.25) is 5.79 Å². The summed E-state index contributed by atoms with van der Waals surface area (Å²) in [5, 5.41) is 14.5. The first-order valence-electron chi connectivity index (χ1n) is 10.6. The lowest BCUT2D eigenvalue weighted by atomic mass is 10.00. The fourth-order valence-corrected chi connectivity index (χ4v) is 4.10. The van der Waals surface area contributed by atoms with Gasteiger partial charge < -0.3 is 20.7 Å². The van der Waals surface area contributed by atoms with Gasteiger partial charge in [-0.25, -0.2) is 4.99 Å². The zero-order valence-corrected chi connectivity index (χ0v) is 18.2. The molecule has 2 aromatic carbocycles. The number of nitrogens with two attached hydrogens (primary N) is 1. The van der Waals surface area contributed by atoms with Crippen LogP contribution in [0.5, 0.6) is 5.75 Å². The molecule has 0 bridgehead atoms. The number of amidine groups is 1. The molecule has 0 amide bonds. The molecule has 3 aromatic rings. The van der Waals surface area contributed by atoms with E-state index in [1.807, 2.05) is 49.9 Å². The summed E-state index contributed by atoms with van der Waals surface area (Å²) in [5.41, 5.74) is 13.0. The fourth-order valence-electron chi connectivity index (χ4n) is 4.10. The number of hydrogen-bond acceptors (Lipinski definition) is 7. The highest BCUT2D eigenvalue weighted by molar-refractivity contribution is 6.28. The molecular weight excluding hydrogens is 402 g/mol. The molecule has 1 atom stereocenters. The van der Waals surface area contributed by atoms with Crippen molar-refractivity contribution in [2.75, 3.05) is 19.0 Å². The largest absolute Gasteiger partial charge is 0.497 e. The lowest BCUT2D eigenvalue weighted by Gasteiger charge is -2.32. The van der Waals surface area contributed by atoms with Gasteiger partial charge in [-0.3, -0.25) is 10.4 Å². The molecule has 0 aliphatic carbocycles. The molecule has 1 unspecified atom stereocenters. The van der Waals surface area contributed by atoms with Crippen molar-refractivity contribution in [3.05, 3.63) is 83.3 Å². The summed E-state index contributed by atoms with van der Waals surface area (Å²) in [6, 6.07) is 14.1. The molecule has 0 saturated heterocycles. The van der Waals surface area contributed by atoms with Gasteiger partial charge in [0.05, 0.1) is 13.3 Å². The van der Waals surface area contributed by atoms with E-state index in [4.69, 9.17) is 15.5 Å². The number of rotatable bonds is 4. The average Bonchev–Trinajstić information content (AvgIpc) is 3.25. The third-order valence-electron chi connectivity index (χ3n) is 5.86. The van der Waals surface area contributed by atoms with Gasteiger partial charge in [0.15, 0.2) is 0 Å². The van der Waals surface area contributed by atoms with Crippen molar-refractivity contribution >= 4 is 17.1 Å². The SMILES string of the molecule is COc1cccc(C2(N)N=C(Nc3ccc4c(c3)CNCC4)C(c3cnn(C)c3)=CN2)c1. The molecule has 0 saturated carbocycles. The molecule has 164 valence electrons. The van der Waals surface area contributed by atoms with Gasteiger partial charge in [-0.1, -0.05) is 18.2 Å². The normalized spacial score (nSPS) is 20.0. The number of aromatic nitrogens is 2. The third-order valence-corrected chi connectivity index (χ3v) is 5.86. The summed E-state index contributed by atoms with van der Waals surface area (Å²) in [7, 11) is 3.53. The minimum Gasteiger partial charge on any atom is -0.497 e. The number of methoxy groups -OCH3 is 1. The van der Waals surface area contributed by atoms with Crippen LogP contribution in [0.4, 0.5) is 5.69 Å². The molecule has 32 heavy (non-hydrogen) atoms. The summed E-state index contributed by atoms with van der Waals surface area (Å²) in [6.07, 6.45) is 6.71. The Morgan fingerprint density at radius 3 is 2.91 bits per heavy atom. The summed E-state index contributed by atoms with van der Waals surface area (Å²) in [5.74, 6) is 0.257. The molecule has 0 fully saturated rings. The van der Waals surface area contributed by atoms with Crippen LogP contribution in [0, 0.1) is 0 Å². The third kappa shape index (κ3) is 3.86. The van der Waals surface area contributed by atoms with E-state index in [-0.39, 0.29) is 0 Å². The fraction of sp³-hybridized carbons (Fsp3) is 0.250. The molecule has 8 heteroatoms. The Balaban J connectivity index is 1.54. The maximum Gasteiger partial charge on any atom is 0.211 e. The first-order valence-corrected chi connectivity index (χ1v) is 10.6. The van der Waals surface area contributed by atoms with Crippen molar-refractivity contribution in [2.24, 2.45) is 17.8 Å². The minimum absolute atomic E-state index is 0.672.